The van der Waals surface area contributed by atoms with Crippen molar-refractivity contribution in [2.45, 2.75) is 6.92 Å². The molecule has 0 saturated carbocycles. The van der Waals surface area contributed by atoms with E-state index in [9.17, 15) is 9.59 Å². The molecule has 0 aliphatic rings. The highest BCUT2D eigenvalue weighted by molar-refractivity contribution is 6.30. The molecule has 5 heteroatoms. The zero-order chi connectivity index (χ0) is 17.8. The highest BCUT2D eigenvalue weighted by Crippen LogP contribution is 2.29. The van der Waals surface area contributed by atoms with Gasteiger partial charge < -0.3 is 9.15 Å². The molecule has 0 fully saturated rings. The van der Waals surface area contributed by atoms with Gasteiger partial charge in [-0.3, -0.25) is 0 Å². The predicted molar refractivity (Wildman–Crippen MR) is 96.8 cm³/mol. The van der Waals surface area contributed by atoms with Crippen LogP contribution in [-0.2, 0) is 4.74 Å². The molecule has 0 unspecified atom stereocenters. The summed E-state index contributed by atoms with van der Waals surface area (Å²) in [4.78, 5) is 24.8. The van der Waals surface area contributed by atoms with Crippen LogP contribution in [0.5, 0.6) is 0 Å². The smallest absolute Gasteiger partial charge is 0.351 e. The van der Waals surface area contributed by atoms with Crippen LogP contribution in [0, 0.1) is 0 Å². The number of rotatable bonds is 4. The van der Waals surface area contributed by atoms with Crippen molar-refractivity contribution in [2.24, 2.45) is 0 Å². The van der Waals surface area contributed by atoms with Gasteiger partial charge in [-0.1, -0.05) is 54.1 Å². The summed E-state index contributed by atoms with van der Waals surface area (Å²) in [6.07, 6.45) is 0. The van der Waals surface area contributed by atoms with Gasteiger partial charge in [-0.25, -0.2) is 9.59 Å². The normalized spacial score (nSPS) is 10.5. The second-order valence-corrected chi connectivity index (χ2v) is 5.72. The SMILES string of the molecule is CCOC(=O)c1c(-c2ccc(Cl)cc2)cc(-c2ccccc2)oc1=O. The maximum atomic E-state index is 12.5. The first-order chi connectivity index (χ1) is 12.1. The largest absolute Gasteiger partial charge is 0.462 e. The van der Waals surface area contributed by atoms with Crippen LogP contribution in [0.15, 0.2) is 69.9 Å². The van der Waals surface area contributed by atoms with Gasteiger partial charge >= 0.3 is 11.6 Å². The molecular weight excluding hydrogens is 340 g/mol. The van der Waals surface area contributed by atoms with Crippen LogP contribution in [0.4, 0.5) is 0 Å². The molecule has 0 saturated heterocycles. The van der Waals surface area contributed by atoms with E-state index in [0.29, 0.717) is 21.9 Å². The number of carbonyl (C=O) groups excluding carboxylic acids is 1. The monoisotopic (exact) mass is 354 g/mol. The van der Waals surface area contributed by atoms with Crippen molar-refractivity contribution in [1.29, 1.82) is 0 Å². The molecule has 126 valence electrons. The minimum atomic E-state index is -0.732. The summed E-state index contributed by atoms with van der Waals surface area (Å²) in [5.41, 5.74) is 1.02. The first kappa shape index (κ1) is 17.0. The molecule has 0 aliphatic heterocycles. The van der Waals surface area contributed by atoms with E-state index < -0.39 is 11.6 Å². The lowest BCUT2D eigenvalue weighted by Gasteiger charge is -2.10. The Hall–Kier alpha value is -2.85. The van der Waals surface area contributed by atoms with Gasteiger partial charge in [-0.2, -0.15) is 0 Å². The van der Waals surface area contributed by atoms with Gasteiger partial charge in [-0.05, 0) is 30.7 Å². The van der Waals surface area contributed by atoms with E-state index >= 15 is 0 Å². The molecule has 0 amide bonds. The molecule has 3 aromatic rings. The molecule has 4 nitrogen and oxygen atoms in total. The molecule has 0 bridgehead atoms. The Labute approximate surface area is 149 Å². The van der Waals surface area contributed by atoms with Gasteiger partial charge in [0.1, 0.15) is 5.76 Å². The third kappa shape index (κ3) is 3.64. The number of carbonyl (C=O) groups is 1. The highest BCUT2D eigenvalue weighted by Gasteiger charge is 2.22. The fraction of sp³-hybridized carbons (Fsp3) is 0.100. The molecule has 1 aromatic heterocycles. The topological polar surface area (TPSA) is 56.5 Å². The van der Waals surface area contributed by atoms with Gasteiger partial charge in [0.15, 0.2) is 5.56 Å². The van der Waals surface area contributed by atoms with Crippen molar-refractivity contribution >= 4 is 17.6 Å². The zero-order valence-electron chi connectivity index (χ0n) is 13.5. The van der Waals surface area contributed by atoms with Crippen LogP contribution in [0.1, 0.15) is 17.3 Å². The molecular formula is C20H15ClO4. The lowest BCUT2D eigenvalue weighted by atomic mass is 9.99. The summed E-state index contributed by atoms with van der Waals surface area (Å²) >= 11 is 5.94. The molecule has 25 heavy (non-hydrogen) atoms. The van der Waals surface area contributed by atoms with Crippen molar-refractivity contribution < 1.29 is 13.9 Å². The summed E-state index contributed by atoms with van der Waals surface area (Å²) in [6, 6.07) is 17.8. The number of halogens is 1. The summed E-state index contributed by atoms with van der Waals surface area (Å²) < 4.78 is 10.4. The van der Waals surface area contributed by atoms with E-state index in [1.54, 1.807) is 37.3 Å². The van der Waals surface area contributed by atoms with Crippen molar-refractivity contribution in [3.8, 4) is 22.5 Å². The Morgan fingerprint density at radius 2 is 1.72 bits per heavy atom. The maximum Gasteiger partial charge on any atom is 0.351 e. The number of esters is 1. The van der Waals surface area contributed by atoms with E-state index in [1.807, 2.05) is 30.3 Å². The first-order valence-corrected chi connectivity index (χ1v) is 8.14. The summed E-state index contributed by atoms with van der Waals surface area (Å²) in [5, 5.41) is 0.563. The zero-order valence-corrected chi connectivity index (χ0v) is 14.2. The summed E-state index contributed by atoms with van der Waals surface area (Å²) in [6.45, 7) is 1.85. The standard InChI is InChI=1S/C20H15ClO4/c1-2-24-19(22)18-16(13-8-10-15(21)11-9-13)12-17(25-20(18)23)14-6-4-3-5-7-14/h3-12H,2H2,1H3. The van der Waals surface area contributed by atoms with Crippen LogP contribution >= 0.6 is 11.6 Å². The summed E-state index contributed by atoms with van der Waals surface area (Å²) in [7, 11) is 0. The average Bonchev–Trinajstić information content (AvgIpc) is 2.62. The second-order valence-electron chi connectivity index (χ2n) is 5.28. The van der Waals surface area contributed by atoms with Crippen LogP contribution in [0.25, 0.3) is 22.5 Å². The Balaban J connectivity index is 2.23. The van der Waals surface area contributed by atoms with E-state index in [2.05, 4.69) is 0 Å². The minimum Gasteiger partial charge on any atom is -0.462 e. The molecule has 3 rings (SSSR count). The van der Waals surface area contributed by atoms with Gasteiger partial charge in [0.2, 0.25) is 0 Å². The lowest BCUT2D eigenvalue weighted by molar-refractivity contribution is 0.0522. The Bertz CT molecular complexity index is 944. The third-order valence-corrected chi connectivity index (χ3v) is 3.90. The van der Waals surface area contributed by atoms with Crippen molar-refractivity contribution in [3.63, 3.8) is 0 Å². The Morgan fingerprint density at radius 1 is 1.04 bits per heavy atom. The Kier molecular flexibility index (Phi) is 5.00. The Morgan fingerprint density at radius 3 is 2.36 bits per heavy atom. The van der Waals surface area contributed by atoms with Crippen LogP contribution < -0.4 is 5.63 Å². The van der Waals surface area contributed by atoms with E-state index in [-0.39, 0.29) is 12.2 Å². The van der Waals surface area contributed by atoms with Crippen molar-refractivity contribution in [3.05, 3.63) is 81.7 Å². The van der Waals surface area contributed by atoms with Crippen LogP contribution in [0.2, 0.25) is 5.02 Å². The van der Waals surface area contributed by atoms with Crippen molar-refractivity contribution in [2.75, 3.05) is 6.61 Å². The molecule has 0 aliphatic carbocycles. The average molecular weight is 355 g/mol. The van der Waals surface area contributed by atoms with E-state index in [4.69, 9.17) is 20.8 Å². The van der Waals surface area contributed by atoms with Gasteiger partial charge in [0.05, 0.1) is 6.61 Å². The van der Waals surface area contributed by atoms with Gasteiger partial charge in [-0.15, -0.1) is 0 Å². The summed E-state index contributed by atoms with van der Waals surface area (Å²) in [5.74, 6) is -0.329. The predicted octanol–water partition coefficient (Wildman–Crippen LogP) is 4.80. The molecule has 0 atom stereocenters. The van der Waals surface area contributed by atoms with E-state index in [0.717, 1.165) is 5.56 Å². The quantitative estimate of drug-likeness (QED) is 0.631. The highest BCUT2D eigenvalue weighted by atomic mass is 35.5. The third-order valence-electron chi connectivity index (χ3n) is 3.64. The second kappa shape index (κ2) is 7.36. The van der Waals surface area contributed by atoms with Crippen molar-refractivity contribution in [1.82, 2.24) is 0 Å². The number of ether oxygens (including phenoxy) is 1. The molecule has 0 spiro atoms. The minimum absolute atomic E-state index is 0.121. The molecule has 0 N–H and O–H groups in total. The number of hydrogen-bond acceptors (Lipinski definition) is 4. The fourth-order valence-electron chi connectivity index (χ4n) is 2.49. The van der Waals surface area contributed by atoms with Gasteiger partial charge in [0.25, 0.3) is 0 Å². The fourth-order valence-corrected chi connectivity index (χ4v) is 2.62. The molecule has 0 radical (unpaired) electrons. The van der Waals surface area contributed by atoms with Crippen LogP contribution in [0.3, 0.4) is 0 Å². The number of benzene rings is 2. The first-order valence-electron chi connectivity index (χ1n) is 7.76. The van der Waals surface area contributed by atoms with Gasteiger partial charge in [0, 0.05) is 16.1 Å². The van der Waals surface area contributed by atoms with E-state index in [1.165, 1.54) is 0 Å². The molecule has 2 aromatic carbocycles. The van der Waals surface area contributed by atoms with Crippen LogP contribution in [-0.4, -0.2) is 12.6 Å². The number of hydrogen-bond donors (Lipinski definition) is 0. The maximum absolute atomic E-state index is 12.5. The molecule has 1 heterocycles. The lowest BCUT2D eigenvalue weighted by Crippen LogP contribution is -2.18.